The molecule has 5 nitrogen and oxygen atoms in total. The van der Waals surface area contributed by atoms with Crippen LogP contribution in [0.4, 0.5) is 18.0 Å². The molecule has 0 unspecified atom stereocenters. The number of carboxylic acids is 1. The van der Waals surface area contributed by atoms with E-state index in [1.807, 2.05) is 0 Å². The van der Waals surface area contributed by atoms with Crippen molar-refractivity contribution in [3.05, 3.63) is 0 Å². The molecule has 0 heterocycles. The molecule has 18 heavy (non-hydrogen) atoms. The van der Waals surface area contributed by atoms with Gasteiger partial charge in [-0.15, -0.1) is 0 Å². The first-order valence-corrected chi connectivity index (χ1v) is 5.36. The molecule has 8 heteroatoms. The van der Waals surface area contributed by atoms with Crippen LogP contribution in [0.5, 0.6) is 0 Å². The Labute approximate surface area is 103 Å². The number of carbonyl (C=O) groups is 2. The number of amides is 2. The molecule has 0 atom stereocenters. The Hall–Kier alpha value is -1.47. The number of carbonyl (C=O) groups excluding carboxylic acids is 1. The number of urea groups is 1. The fourth-order valence-electron chi connectivity index (χ4n) is 0.930. The first kappa shape index (κ1) is 16.5. The number of hydrogen-bond donors (Lipinski definition) is 3. The summed E-state index contributed by atoms with van der Waals surface area (Å²) < 4.78 is 35.3. The smallest absolute Gasteiger partial charge is 0.389 e. The number of carboxylic acid groups (broad SMARTS) is 1. The molecule has 0 aromatic heterocycles. The highest BCUT2D eigenvalue weighted by atomic mass is 19.4. The summed E-state index contributed by atoms with van der Waals surface area (Å²) in [6, 6.07) is -0.675. The molecule has 3 N–H and O–H groups in total. The van der Waals surface area contributed by atoms with Crippen LogP contribution in [-0.2, 0) is 4.79 Å². The van der Waals surface area contributed by atoms with Crippen molar-refractivity contribution in [1.29, 1.82) is 0 Å². The van der Waals surface area contributed by atoms with Gasteiger partial charge >= 0.3 is 18.2 Å². The molecular formula is C10H17F3N2O3. The minimum atomic E-state index is -4.23. The Morgan fingerprint density at radius 3 is 2.17 bits per heavy atom. The van der Waals surface area contributed by atoms with Crippen LogP contribution in [0.25, 0.3) is 0 Å². The Kier molecular flexibility index (Phi) is 5.93. The largest absolute Gasteiger partial charge is 0.481 e. The number of alkyl halides is 3. The van der Waals surface area contributed by atoms with Crippen LogP contribution in [0.15, 0.2) is 0 Å². The number of hydrogen-bond acceptors (Lipinski definition) is 2. The summed E-state index contributed by atoms with van der Waals surface area (Å²) in [5.41, 5.74) is -1.12. The van der Waals surface area contributed by atoms with Gasteiger partial charge in [-0.25, -0.2) is 4.79 Å². The van der Waals surface area contributed by atoms with Crippen molar-refractivity contribution in [3.8, 4) is 0 Å². The number of nitrogens with one attached hydrogen (secondary N) is 2. The Morgan fingerprint density at radius 1 is 1.17 bits per heavy atom. The maximum Gasteiger partial charge on any atom is 0.389 e. The van der Waals surface area contributed by atoms with Gasteiger partial charge in [-0.1, -0.05) is 0 Å². The van der Waals surface area contributed by atoms with E-state index in [2.05, 4.69) is 10.6 Å². The van der Waals surface area contributed by atoms with Crippen molar-refractivity contribution < 1.29 is 27.9 Å². The third-order valence-electron chi connectivity index (χ3n) is 2.19. The zero-order valence-electron chi connectivity index (χ0n) is 10.2. The summed E-state index contributed by atoms with van der Waals surface area (Å²) in [7, 11) is 0. The molecule has 0 bridgehead atoms. The van der Waals surface area contributed by atoms with E-state index in [-0.39, 0.29) is 19.5 Å². The van der Waals surface area contributed by atoms with Crippen LogP contribution in [0.3, 0.4) is 0 Å². The number of aliphatic carboxylic acids is 1. The Bertz CT molecular complexity index is 303. The van der Waals surface area contributed by atoms with E-state index in [0.29, 0.717) is 0 Å². The highest BCUT2D eigenvalue weighted by Gasteiger charge is 2.28. The Balaban J connectivity index is 3.77. The third kappa shape index (κ3) is 7.75. The van der Waals surface area contributed by atoms with Crippen LogP contribution < -0.4 is 10.6 Å². The SMILES string of the molecule is CC(C)(CNC(=O)NCCCC(F)(F)F)C(=O)O. The summed E-state index contributed by atoms with van der Waals surface area (Å²) in [6.07, 6.45) is -5.41. The van der Waals surface area contributed by atoms with E-state index >= 15 is 0 Å². The summed E-state index contributed by atoms with van der Waals surface area (Å²) in [5, 5.41) is 13.3. The highest BCUT2D eigenvalue weighted by molar-refractivity contribution is 5.77. The maximum absolute atomic E-state index is 11.8. The molecule has 0 rings (SSSR count). The normalized spacial score (nSPS) is 12.1. The summed E-state index contributed by atoms with van der Waals surface area (Å²) >= 11 is 0. The molecule has 0 aromatic carbocycles. The van der Waals surface area contributed by atoms with E-state index in [9.17, 15) is 22.8 Å². The van der Waals surface area contributed by atoms with Crippen LogP contribution in [0, 0.1) is 5.41 Å². The van der Waals surface area contributed by atoms with Crippen LogP contribution in [0.2, 0.25) is 0 Å². The molecule has 0 spiro atoms. The monoisotopic (exact) mass is 270 g/mol. The second kappa shape index (κ2) is 6.46. The van der Waals surface area contributed by atoms with Gasteiger partial charge < -0.3 is 15.7 Å². The molecule has 0 radical (unpaired) electrons. The van der Waals surface area contributed by atoms with Gasteiger partial charge in [0.25, 0.3) is 0 Å². The maximum atomic E-state index is 11.8. The van der Waals surface area contributed by atoms with Gasteiger partial charge in [-0.3, -0.25) is 4.79 Å². The lowest BCUT2D eigenvalue weighted by Crippen LogP contribution is -2.43. The molecular weight excluding hydrogens is 253 g/mol. The predicted molar refractivity (Wildman–Crippen MR) is 58.1 cm³/mol. The van der Waals surface area contributed by atoms with Crippen LogP contribution in [0.1, 0.15) is 26.7 Å². The Morgan fingerprint density at radius 2 is 1.72 bits per heavy atom. The second-order valence-corrected chi connectivity index (χ2v) is 4.52. The standard InChI is InChI=1S/C10H17F3N2O3/c1-9(2,7(16)17)6-15-8(18)14-5-3-4-10(11,12)13/h3-6H2,1-2H3,(H,16,17)(H2,14,15,18). The lowest BCUT2D eigenvalue weighted by atomic mass is 9.94. The van der Waals surface area contributed by atoms with Crippen molar-refractivity contribution in [2.24, 2.45) is 5.41 Å². The first-order valence-electron chi connectivity index (χ1n) is 5.36. The van der Waals surface area contributed by atoms with E-state index in [1.165, 1.54) is 13.8 Å². The molecule has 2 amide bonds. The number of halogens is 3. The summed E-state index contributed by atoms with van der Waals surface area (Å²) in [4.78, 5) is 21.8. The third-order valence-corrected chi connectivity index (χ3v) is 2.19. The molecule has 106 valence electrons. The summed E-state index contributed by atoms with van der Waals surface area (Å²) in [6.45, 7) is 2.64. The highest BCUT2D eigenvalue weighted by Crippen LogP contribution is 2.20. The summed E-state index contributed by atoms with van der Waals surface area (Å²) in [5.74, 6) is -1.07. The molecule has 0 aliphatic heterocycles. The average Bonchev–Trinajstić information content (AvgIpc) is 2.20. The molecule has 0 aliphatic carbocycles. The van der Waals surface area contributed by atoms with Crippen molar-refractivity contribution >= 4 is 12.0 Å². The van der Waals surface area contributed by atoms with Crippen molar-refractivity contribution in [3.63, 3.8) is 0 Å². The minimum absolute atomic E-state index is 0.104. The van der Waals surface area contributed by atoms with E-state index in [1.54, 1.807) is 0 Å². The predicted octanol–water partition coefficient (Wildman–Crippen LogP) is 1.74. The van der Waals surface area contributed by atoms with E-state index in [0.717, 1.165) is 0 Å². The van der Waals surface area contributed by atoms with Gasteiger partial charge in [-0.2, -0.15) is 13.2 Å². The topological polar surface area (TPSA) is 78.4 Å². The lowest BCUT2D eigenvalue weighted by Gasteiger charge is -2.19. The van der Waals surface area contributed by atoms with Gasteiger partial charge in [0.1, 0.15) is 0 Å². The minimum Gasteiger partial charge on any atom is -0.481 e. The molecule has 0 fully saturated rings. The van der Waals surface area contributed by atoms with Crippen molar-refractivity contribution in [2.75, 3.05) is 13.1 Å². The van der Waals surface area contributed by atoms with E-state index in [4.69, 9.17) is 5.11 Å². The van der Waals surface area contributed by atoms with Gasteiger partial charge in [-0.05, 0) is 20.3 Å². The zero-order chi connectivity index (χ0) is 14.4. The van der Waals surface area contributed by atoms with Gasteiger partial charge in [0, 0.05) is 19.5 Å². The van der Waals surface area contributed by atoms with Crippen molar-refractivity contribution in [2.45, 2.75) is 32.9 Å². The second-order valence-electron chi connectivity index (χ2n) is 4.52. The molecule has 0 aromatic rings. The zero-order valence-corrected chi connectivity index (χ0v) is 10.2. The quantitative estimate of drug-likeness (QED) is 0.643. The van der Waals surface area contributed by atoms with Crippen LogP contribution in [-0.4, -0.2) is 36.4 Å². The van der Waals surface area contributed by atoms with Crippen molar-refractivity contribution in [1.82, 2.24) is 10.6 Å². The van der Waals surface area contributed by atoms with Gasteiger partial charge in [0.05, 0.1) is 5.41 Å². The van der Waals surface area contributed by atoms with E-state index < -0.39 is 30.0 Å². The number of rotatable bonds is 6. The fourth-order valence-corrected chi connectivity index (χ4v) is 0.930. The van der Waals surface area contributed by atoms with Gasteiger partial charge in [0.2, 0.25) is 0 Å². The molecule has 0 aliphatic rings. The lowest BCUT2D eigenvalue weighted by molar-refractivity contribution is -0.146. The first-order chi connectivity index (χ1) is 8.04. The molecule has 0 saturated carbocycles. The van der Waals surface area contributed by atoms with Gasteiger partial charge in [0.15, 0.2) is 0 Å². The molecule has 0 saturated heterocycles. The fraction of sp³-hybridized carbons (Fsp3) is 0.800. The van der Waals surface area contributed by atoms with Crippen LogP contribution >= 0.6 is 0 Å². The average molecular weight is 270 g/mol.